The van der Waals surface area contributed by atoms with Crippen LogP contribution in [0.25, 0.3) is 0 Å². The lowest BCUT2D eigenvalue weighted by Gasteiger charge is -2.39. The van der Waals surface area contributed by atoms with E-state index in [1.54, 1.807) is 24.3 Å². The zero-order valence-corrected chi connectivity index (χ0v) is 18.0. The summed E-state index contributed by atoms with van der Waals surface area (Å²) in [7, 11) is 0. The van der Waals surface area contributed by atoms with Crippen LogP contribution in [0.2, 0.25) is 5.02 Å². The molecule has 1 aromatic heterocycles. The molecule has 0 aliphatic heterocycles. The maximum atomic E-state index is 13.5. The molecule has 31 heavy (non-hydrogen) atoms. The smallest absolute Gasteiger partial charge is 0.271 e. The fourth-order valence-corrected chi connectivity index (χ4v) is 5.30. The van der Waals surface area contributed by atoms with Crippen molar-refractivity contribution in [2.75, 3.05) is 0 Å². The highest BCUT2D eigenvalue weighted by molar-refractivity contribution is 6.33. The molecular weight excluding hydrogens is 416 g/mol. The summed E-state index contributed by atoms with van der Waals surface area (Å²) in [6.45, 7) is 5.91. The minimum absolute atomic E-state index is 0.0478. The Morgan fingerprint density at radius 3 is 2.23 bits per heavy atom. The number of hydrogen-bond acceptors (Lipinski definition) is 6. The van der Waals surface area contributed by atoms with Crippen LogP contribution in [0.3, 0.4) is 0 Å². The van der Waals surface area contributed by atoms with Gasteiger partial charge in [-0.15, -0.1) is 0 Å². The maximum absolute atomic E-state index is 13.5. The predicted molar refractivity (Wildman–Crippen MR) is 111 cm³/mol. The highest BCUT2D eigenvalue weighted by atomic mass is 35.5. The number of hydrazine groups is 1. The number of nitrogens with one attached hydrogen (secondary N) is 2. The van der Waals surface area contributed by atoms with Crippen LogP contribution in [0.15, 0.2) is 24.3 Å². The quantitative estimate of drug-likeness (QED) is 0.698. The van der Waals surface area contributed by atoms with Crippen molar-refractivity contribution in [3.8, 4) is 12.1 Å². The normalized spacial score (nSPS) is 24.6. The van der Waals surface area contributed by atoms with Gasteiger partial charge in [0.25, 0.3) is 11.8 Å². The number of nitriles is 2. The molecule has 0 spiro atoms. The molecule has 1 saturated carbocycles. The third-order valence-electron chi connectivity index (χ3n) is 7.28. The second kappa shape index (κ2) is 6.76. The number of aromatic nitrogens is 2. The van der Waals surface area contributed by atoms with Crippen molar-refractivity contribution in [3.05, 3.63) is 57.6 Å². The topological polar surface area (TPSA) is 132 Å². The molecule has 0 radical (unpaired) electrons. The molecule has 0 saturated heterocycles. The average Bonchev–Trinajstić information content (AvgIpc) is 3.06. The van der Waals surface area contributed by atoms with Gasteiger partial charge < -0.3 is 0 Å². The number of amides is 2. The molecule has 2 aliphatic rings. The van der Waals surface area contributed by atoms with E-state index in [1.807, 2.05) is 32.9 Å². The third kappa shape index (κ3) is 2.52. The van der Waals surface area contributed by atoms with Crippen LogP contribution in [-0.4, -0.2) is 21.8 Å². The number of carbonyl (C=O) groups excluding carboxylic acids is 2. The molecule has 2 aliphatic carbocycles. The number of hydrogen-bond donors (Lipinski definition) is 2. The number of carbonyl (C=O) groups is 2. The van der Waals surface area contributed by atoms with E-state index in [9.17, 15) is 20.1 Å². The van der Waals surface area contributed by atoms with Crippen molar-refractivity contribution in [3.63, 3.8) is 0 Å². The summed E-state index contributed by atoms with van der Waals surface area (Å²) in [6.07, 6.45) is 1.13. The van der Waals surface area contributed by atoms with Crippen molar-refractivity contribution < 1.29 is 9.59 Å². The van der Waals surface area contributed by atoms with Crippen LogP contribution >= 0.6 is 11.6 Å². The monoisotopic (exact) mass is 434 g/mol. The molecule has 1 aromatic carbocycles. The second-order valence-electron chi connectivity index (χ2n) is 8.59. The number of halogens is 1. The van der Waals surface area contributed by atoms with Gasteiger partial charge in [-0.05, 0) is 30.4 Å². The fraction of sp³-hybridized carbons (Fsp3) is 0.364. The SMILES string of the molecule is CC12CCC(C(=O)NNC(=O)c3ccccc3Cl)(c3nc(C#N)c(C#N)nc31)C2(C)C. The van der Waals surface area contributed by atoms with Crippen molar-refractivity contribution >= 4 is 23.4 Å². The molecule has 8 nitrogen and oxygen atoms in total. The molecular formula is C22H19ClN6O2. The summed E-state index contributed by atoms with van der Waals surface area (Å²) in [4.78, 5) is 34.9. The number of rotatable bonds is 2. The van der Waals surface area contributed by atoms with E-state index >= 15 is 0 Å². The van der Waals surface area contributed by atoms with Crippen LogP contribution < -0.4 is 10.9 Å². The van der Waals surface area contributed by atoms with Gasteiger partial charge in [-0.3, -0.25) is 20.4 Å². The first-order valence-corrected chi connectivity index (χ1v) is 10.1. The van der Waals surface area contributed by atoms with Crippen molar-refractivity contribution in [2.45, 2.75) is 44.4 Å². The van der Waals surface area contributed by atoms with Gasteiger partial charge in [-0.25, -0.2) is 9.97 Å². The van der Waals surface area contributed by atoms with Gasteiger partial charge in [0.1, 0.15) is 17.6 Å². The zero-order chi connectivity index (χ0) is 22.6. The van der Waals surface area contributed by atoms with Crippen LogP contribution in [0.5, 0.6) is 0 Å². The fourth-order valence-electron chi connectivity index (χ4n) is 5.07. The molecule has 4 rings (SSSR count). The van der Waals surface area contributed by atoms with Gasteiger partial charge in [0.2, 0.25) is 0 Å². The molecule has 156 valence electrons. The molecule has 9 heteroatoms. The Labute approximate surface area is 184 Å². The van der Waals surface area contributed by atoms with Crippen LogP contribution in [0, 0.1) is 28.1 Å². The summed E-state index contributed by atoms with van der Waals surface area (Å²) in [6, 6.07) is 10.3. The summed E-state index contributed by atoms with van der Waals surface area (Å²) in [5, 5.41) is 19.1. The Bertz CT molecular complexity index is 1230. The molecule has 2 N–H and O–H groups in total. The highest BCUT2D eigenvalue weighted by Gasteiger charge is 2.73. The van der Waals surface area contributed by atoms with E-state index in [4.69, 9.17) is 11.6 Å². The van der Waals surface area contributed by atoms with Crippen LogP contribution in [0.1, 0.15) is 66.7 Å². The molecule has 2 aromatic rings. The van der Waals surface area contributed by atoms with E-state index in [0.717, 1.165) is 0 Å². The van der Waals surface area contributed by atoms with Gasteiger partial charge in [0.05, 0.1) is 22.0 Å². The molecule has 2 unspecified atom stereocenters. The highest BCUT2D eigenvalue weighted by Crippen LogP contribution is 2.70. The number of benzene rings is 1. The van der Waals surface area contributed by atoms with E-state index in [2.05, 4.69) is 20.8 Å². The predicted octanol–water partition coefficient (Wildman–Crippen LogP) is 2.66. The minimum Gasteiger partial charge on any atom is -0.272 e. The molecule has 2 amide bonds. The lowest BCUT2D eigenvalue weighted by Crippen LogP contribution is -2.55. The Morgan fingerprint density at radius 2 is 1.61 bits per heavy atom. The van der Waals surface area contributed by atoms with E-state index in [-0.39, 0.29) is 22.0 Å². The minimum atomic E-state index is -1.11. The first-order chi connectivity index (χ1) is 14.6. The molecule has 2 atom stereocenters. The Kier molecular flexibility index (Phi) is 4.53. The van der Waals surface area contributed by atoms with Crippen molar-refractivity contribution in [2.24, 2.45) is 5.41 Å². The van der Waals surface area contributed by atoms with E-state index < -0.39 is 28.1 Å². The molecule has 2 bridgehead atoms. The average molecular weight is 435 g/mol. The Hall–Kier alpha value is -3.49. The first-order valence-electron chi connectivity index (χ1n) is 9.72. The summed E-state index contributed by atoms with van der Waals surface area (Å²) < 4.78 is 0. The summed E-state index contributed by atoms with van der Waals surface area (Å²) in [5.74, 6) is -0.987. The zero-order valence-electron chi connectivity index (χ0n) is 17.2. The van der Waals surface area contributed by atoms with Crippen molar-refractivity contribution in [1.82, 2.24) is 20.8 Å². The Morgan fingerprint density at radius 1 is 1.00 bits per heavy atom. The molecule has 1 fully saturated rings. The lowest BCUT2D eigenvalue weighted by molar-refractivity contribution is -0.131. The standard InChI is InChI=1S/C22H19ClN6O2/c1-20(2)21(3)8-9-22(20,17-16(21)26-14(10-24)15(11-25)27-17)19(31)29-28-18(30)12-6-4-5-7-13(12)23/h4-7H,8-9H2,1-3H3,(H,28,30)(H,29,31). The van der Waals surface area contributed by atoms with E-state index in [1.165, 1.54) is 0 Å². The lowest BCUT2D eigenvalue weighted by atomic mass is 9.63. The maximum Gasteiger partial charge on any atom is 0.271 e. The van der Waals surface area contributed by atoms with E-state index in [0.29, 0.717) is 24.2 Å². The Balaban J connectivity index is 1.74. The van der Waals surface area contributed by atoms with Crippen molar-refractivity contribution in [1.29, 1.82) is 10.5 Å². The van der Waals surface area contributed by atoms with Gasteiger partial charge in [0.15, 0.2) is 11.4 Å². The molecule has 1 heterocycles. The van der Waals surface area contributed by atoms with Crippen LogP contribution in [0.4, 0.5) is 0 Å². The summed E-state index contributed by atoms with van der Waals surface area (Å²) >= 11 is 6.07. The van der Waals surface area contributed by atoms with Gasteiger partial charge >= 0.3 is 0 Å². The van der Waals surface area contributed by atoms with Gasteiger partial charge in [0, 0.05) is 5.41 Å². The van der Waals surface area contributed by atoms with Gasteiger partial charge in [-0.1, -0.05) is 44.5 Å². The number of fused-ring (bicyclic) bond motifs is 5. The third-order valence-corrected chi connectivity index (χ3v) is 7.61. The second-order valence-corrected chi connectivity index (χ2v) is 9.00. The van der Waals surface area contributed by atoms with Crippen LogP contribution in [-0.2, 0) is 15.6 Å². The summed E-state index contributed by atoms with van der Waals surface area (Å²) in [5.41, 5.74) is 3.75. The largest absolute Gasteiger partial charge is 0.272 e. The van der Waals surface area contributed by atoms with Gasteiger partial charge in [-0.2, -0.15) is 10.5 Å². The number of nitrogens with zero attached hydrogens (tertiary/aromatic N) is 4. The first kappa shape index (κ1) is 20.8.